The van der Waals surface area contributed by atoms with Crippen LogP contribution in [-0.2, 0) is 14.3 Å². The van der Waals surface area contributed by atoms with Crippen LogP contribution in [0.4, 0.5) is 5.69 Å². The smallest absolute Gasteiger partial charge is 0.252 e. The van der Waals surface area contributed by atoms with E-state index in [1.54, 1.807) is 36.3 Å². The number of carbonyl (C=O) groups is 2. The van der Waals surface area contributed by atoms with Crippen LogP contribution >= 0.6 is 12.2 Å². The van der Waals surface area contributed by atoms with E-state index in [0.29, 0.717) is 23.9 Å². The lowest BCUT2D eigenvalue weighted by molar-refractivity contribution is -0.907. The fourth-order valence-corrected chi connectivity index (χ4v) is 4.12. The van der Waals surface area contributed by atoms with Crippen LogP contribution in [0.15, 0.2) is 24.3 Å². The number of likely N-dealkylation sites (N-methyl/N-ethyl adjacent to an activating group) is 1. The number of nitrogens with zero attached hydrogens (tertiary/aromatic N) is 2. The van der Waals surface area contributed by atoms with Crippen molar-refractivity contribution in [3.63, 3.8) is 0 Å². The number of quaternary nitrogens is 1. The molecular weight excluding hydrogens is 392 g/mol. The van der Waals surface area contributed by atoms with E-state index >= 15 is 0 Å². The van der Waals surface area contributed by atoms with E-state index in [1.165, 1.54) is 4.90 Å². The molecule has 29 heavy (non-hydrogen) atoms. The summed E-state index contributed by atoms with van der Waals surface area (Å²) in [6.45, 7) is 7.34. The topological polar surface area (TPSA) is 75.6 Å². The lowest BCUT2D eigenvalue weighted by Gasteiger charge is -2.28. The Bertz CT molecular complexity index is 737. The van der Waals surface area contributed by atoms with E-state index < -0.39 is 6.04 Å². The molecule has 9 heteroatoms. The molecule has 0 unspecified atom stereocenters. The number of thiocarbonyl (C=S) groups is 1. The highest BCUT2D eigenvalue weighted by atomic mass is 32.1. The van der Waals surface area contributed by atoms with Crippen molar-refractivity contribution in [1.82, 2.24) is 9.80 Å². The van der Waals surface area contributed by atoms with Gasteiger partial charge in [0.05, 0.1) is 39.8 Å². The molecule has 0 aliphatic carbocycles. The zero-order valence-corrected chi connectivity index (χ0v) is 17.8. The highest BCUT2D eigenvalue weighted by Crippen LogP contribution is 2.21. The summed E-state index contributed by atoms with van der Waals surface area (Å²) in [6, 6.07) is 6.55. The van der Waals surface area contributed by atoms with Crippen LogP contribution in [0.25, 0.3) is 0 Å². The van der Waals surface area contributed by atoms with Gasteiger partial charge in [0.2, 0.25) is 5.91 Å². The summed E-state index contributed by atoms with van der Waals surface area (Å²) in [5.41, 5.74) is 0.667. The molecule has 2 aliphatic heterocycles. The molecule has 0 spiro atoms. The van der Waals surface area contributed by atoms with E-state index in [9.17, 15) is 9.59 Å². The standard InChI is InChI=1S/C20H28N4O4S/c1-3-23-19(26)17(14-18(25)21-15-4-6-16(27-2)7-5-15)24(20(23)29)9-8-22-10-12-28-13-11-22/h4-7,17H,3,8-14H2,1-2H3,(H,21,25)/p+1/t17-/m0/s1. The van der Waals surface area contributed by atoms with Crippen molar-refractivity contribution in [2.45, 2.75) is 19.4 Å². The second-order valence-electron chi connectivity index (χ2n) is 7.17. The van der Waals surface area contributed by atoms with Gasteiger partial charge < -0.3 is 24.6 Å². The molecule has 158 valence electrons. The Morgan fingerprint density at radius 2 is 2.00 bits per heavy atom. The van der Waals surface area contributed by atoms with Crippen LogP contribution < -0.4 is 15.0 Å². The van der Waals surface area contributed by atoms with Gasteiger partial charge in [0.1, 0.15) is 24.9 Å². The van der Waals surface area contributed by atoms with E-state index in [-0.39, 0.29) is 18.2 Å². The number of benzene rings is 1. The predicted octanol–water partition coefficient (Wildman–Crippen LogP) is -0.243. The first-order valence-corrected chi connectivity index (χ1v) is 10.4. The first-order valence-electron chi connectivity index (χ1n) is 10.0. The number of amides is 2. The van der Waals surface area contributed by atoms with Gasteiger partial charge in [-0.05, 0) is 43.4 Å². The Kier molecular flexibility index (Phi) is 7.40. The Hall–Kier alpha value is -2.23. The molecule has 0 radical (unpaired) electrons. The molecule has 3 rings (SSSR count). The minimum absolute atomic E-state index is 0.0694. The second kappa shape index (κ2) is 10.00. The number of anilines is 1. The van der Waals surface area contributed by atoms with Gasteiger partial charge in [0.15, 0.2) is 5.11 Å². The molecule has 8 nitrogen and oxygen atoms in total. The summed E-state index contributed by atoms with van der Waals surface area (Å²) >= 11 is 5.54. The van der Waals surface area contributed by atoms with Crippen LogP contribution in [0.2, 0.25) is 0 Å². The van der Waals surface area contributed by atoms with Gasteiger partial charge in [-0.2, -0.15) is 0 Å². The zero-order valence-electron chi connectivity index (χ0n) is 17.0. The molecule has 2 amide bonds. The summed E-state index contributed by atoms with van der Waals surface area (Å²) < 4.78 is 10.5. The molecule has 2 heterocycles. The van der Waals surface area contributed by atoms with Crippen LogP contribution in [0.5, 0.6) is 5.75 Å². The molecule has 2 fully saturated rings. The number of ether oxygens (including phenoxy) is 2. The molecular formula is C20H29N4O4S+. The maximum Gasteiger partial charge on any atom is 0.252 e. The largest absolute Gasteiger partial charge is 0.497 e. The quantitative estimate of drug-likeness (QED) is 0.565. The Morgan fingerprint density at radius 1 is 1.31 bits per heavy atom. The molecule has 2 N–H and O–H groups in total. The van der Waals surface area contributed by atoms with E-state index in [4.69, 9.17) is 21.7 Å². The molecule has 0 saturated carbocycles. The van der Waals surface area contributed by atoms with Gasteiger partial charge >= 0.3 is 0 Å². The minimum atomic E-state index is -0.555. The van der Waals surface area contributed by atoms with Gasteiger partial charge in [-0.3, -0.25) is 14.5 Å². The summed E-state index contributed by atoms with van der Waals surface area (Å²) in [6.07, 6.45) is 0.0694. The first-order chi connectivity index (χ1) is 14.0. The monoisotopic (exact) mass is 421 g/mol. The predicted molar refractivity (Wildman–Crippen MR) is 113 cm³/mol. The summed E-state index contributed by atoms with van der Waals surface area (Å²) in [4.78, 5) is 30.4. The van der Waals surface area contributed by atoms with Crippen molar-refractivity contribution in [3.05, 3.63) is 24.3 Å². The Labute approximate surface area is 176 Å². The summed E-state index contributed by atoms with van der Waals surface area (Å²) in [7, 11) is 1.59. The third-order valence-electron chi connectivity index (χ3n) is 5.38. The van der Waals surface area contributed by atoms with Crippen LogP contribution in [0, 0.1) is 0 Å². The maximum absolute atomic E-state index is 12.9. The van der Waals surface area contributed by atoms with Crippen LogP contribution in [0.3, 0.4) is 0 Å². The minimum Gasteiger partial charge on any atom is -0.497 e. The zero-order chi connectivity index (χ0) is 20.8. The molecule has 1 atom stereocenters. The normalized spacial score (nSPS) is 20.3. The van der Waals surface area contributed by atoms with E-state index in [1.807, 2.05) is 11.8 Å². The summed E-state index contributed by atoms with van der Waals surface area (Å²) in [5.74, 6) is 0.409. The lowest BCUT2D eigenvalue weighted by atomic mass is 10.1. The molecule has 2 saturated heterocycles. The van der Waals surface area contributed by atoms with Gasteiger partial charge in [0, 0.05) is 12.2 Å². The van der Waals surface area contributed by atoms with Crippen molar-refractivity contribution in [1.29, 1.82) is 0 Å². The molecule has 1 aromatic rings. The molecule has 0 bridgehead atoms. The summed E-state index contributed by atoms with van der Waals surface area (Å²) in [5, 5.41) is 3.38. The van der Waals surface area contributed by atoms with E-state index in [0.717, 1.165) is 38.6 Å². The SMILES string of the molecule is CCN1C(=O)[C@H](CC(=O)Nc2ccc(OC)cc2)N(CC[NH+]2CCOCC2)C1=S. The molecule has 2 aliphatic rings. The second-order valence-corrected chi connectivity index (χ2v) is 7.53. The van der Waals surface area contributed by atoms with Gasteiger partial charge in [-0.15, -0.1) is 0 Å². The van der Waals surface area contributed by atoms with Crippen molar-refractivity contribution < 1.29 is 24.0 Å². The fourth-order valence-electron chi connectivity index (χ4n) is 3.69. The first kappa shape index (κ1) is 21.5. The van der Waals surface area contributed by atoms with E-state index in [2.05, 4.69) is 5.32 Å². The van der Waals surface area contributed by atoms with Crippen molar-refractivity contribution in [2.24, 2.45) is 0 Å². The Morgan fingerprint density at radius 3 is 2.62 bits per heavy atom. The van der Waals surface area contributed by atoms with Gasteiger partial charge in [0.25, 0.3) is 5.91 Å². The van der Waals surface area contributed by atoms with Crippen molar-refractivity contribution in [3.8, 4) is 5.75 Å². The number of hydrogen-bond donors (Lipinski definition) is 2. The van der Waals surface area contributed by atoms with Gasteiger partial charge in [-0.1, -0.05) is 0 Å². The molecule has 1 aromatic carbocycles. The number of nitrogens with one attached hydrogen (secondary N) is 2. The van der Waals surface area contributed by atoms with Crippen LogP contribution in [-0.4, -0.2) is 85.8 Å². The van der Waals surface area contributed by atoms with Crippen molar-refractivity contribution in [2.75, 3.05) is 58.4 Å². The number of morpholine rings is 1. The van der Waals surface area contributed by atoms with Crippen LogP contribution in [0.1, 0.15) is 13.3 Å². The average Bonchev–Trinajstić information content (AvgIpc) is 2.96. The number of methoxy groups -OCH3 is 1. The highest BCUT2D eigenvalue weighted by Gasteiger charge is 2.42. The van der Waals surface area contributed by atoms with Gasteiger partial charge in [-0.25, -0.2) is 0 Å². The average molecular weight is 422 g/mol. The maximum atomic E-state index is 12.9. The lowest BCUT2D eigenvalue weighted by Crippen LogP contribution is -3.14. The molecule has 0 aromatic heterocycles. The number of hydrogen-bond acceptors (Lipinski definition) is 5. The Balaban J connectivity index is 1.63. The number of rotatable bonds is 8. The highest BCUT2D eigenvalue weighted by molar-refractivity contribution is 7.80. The number of carbonyl (C=O) groups excluding carboxylic acids is 2. The third kappa shape index (κ3) is 5.23. The van der Waals surface area contributed by atoms with Crippen molar-refractivity contribution >= 4 is 34.8 Å². The fraction of sp³-hybridized carbons (Fsp3) is 0.550. The third-order valence-corrected chi connectivity index (χ3v) is 5.83.